The van der Waals surface area contributed by atoms with Crippen molar-refractivity contribution in [3.8, 4) is 6.07 Å². The third-order valence-electron chi connectivity index (χ3n) is 3.35. The lowest BCUT2D eigenvalue weighted by atomic mass is 9.96. The number of nitriles is 1. The van der Waals surface area contributed by atoms with Gasteiger partial charge in [0.2, 0.25) is 0 Å². The van der Waals surface area contributed by atoms with Gasteiger partial charge in [-0.3, -0.25) is 4.90 Å². The molecule has 0 amide bonds. The van der Waals surface area contributed by atoms with E-state index in [1.54, 1.807) is 6.20 Å². The predicted octanol–water partition coefficient (Wildman–Crippen LogP) is 1.16. The topological polar surface area (TPSA) is 60.2 Å². The van der Waals surface area contributed by atoms with Crippen molar-refractivity contribution in [3.63, 3.8) is 0 Å². The molecule has 0 saturated carbocycles. The molecule has 1 aliphatic rings. The highest BCUT2D eigenvalue weighted by atomic mass is 16.3. The van der Waals surface area contributed by atoms with E-state index in [4.69, 9.17) is 5.26 Å². The number of piperidine rings is 1. The summed E-state index contributed by atoms with van der Waals surface area (Å²) >= 11 is 0. The molecule has 0 aliphatic carbocycles. The minimum absolute atomic E-state index is 0.235. The molecule has 0 aromatic carbocycles. The SMILES string of the molecule is CC1CCN(Cc2ccnc(C#N)c2)CC1O. The summed E-state index contributed by atoms with van der Waals surface area (Å²) in [7, 11) is 0. The molecule has 0 bridgehead atoms. The van der Waals surface area contributed by atoms with Crippen molar-refractivity contribution in [2.75, 3.05) is 13.1 Å². The van der Waals surface area contributed by atoms with E-state index in [9.17, 15) is 5.11 Å². The van der Waals surface area contributed by atoms with Crippen LogP contribution in [0.25, 0.3) is 0 Å². The molecule has 1 aliphatic heterocycles. The molecule has 2 atom stereocenters. The van der Waals surface area contributed by atoms with Gasteiger partial charge in [-0.05, 0) is 36.6 Å². The van der Waals surface area contributed by atoms with Gasteiger partial charge in [0.25, 0.3) is 0 Å². The Morgan fingerprint density at radius 2 is 2.47 bits per heavy atom. The van der Waals surface area contributed by atoms with Gasteiger partial charge < -0.3 is 5.11 Å². The van der Waals surface area contributed by atoms with E-state index in [0.29, 0.717) is 18.2 Å². The van der Waals surface area contributed by atoms with Crippen molar-refractivity contribution in [1.29, 1.82) is 5.26 Å². The Kier molecular flexibility index (Phi) is 3.72. The van der Waals surface area contributed by atoms with Crippen LogP contribution < -0.4 is 0 Å². The zero-order valence-corrected chi connectivity index (χ0v) is 10.0. The maximum absolute atomic E-state index is 9.82. The van der Waals surface area contributed by atoms with Crippen LogP contribution in [0.1, 0.15) is 24.6 Å². The van der Waals surface area contributed by atoms with Crippen molar-refractivity contribution >= 4 is 0 Å². The van der Waals surface area contributed by atoms with Crippen LogP contribution in [0.4, 0.5) is 0 Å². The van der Waals surface area contributed by atoms with Crippen LogP contribution in [0.15, 0.2) is 18.3 Å². The Bertz CT molecular complexity index is 427. The highest BCUT2D eigenvalue weighted by Crippen LogP contribution is 2.18. The van der Waals surface area contributed by atoms with Gasteiger partial charge in [0, 0.05) is 19.3 Å². The first kappa shape index (κ1) is 12.0. The molecule has 17 heavy (non-hydrogen) atoms. The molecule has 4 heteroatoms. The molecule has 2 heterocycles. The van der Waals surface area contributed by atoms with Crippen molar-refractivity contribution in [2.24, 2.45) is 5.92 Å². The molecular formula is C13H17N3O. The summed E-state index contributed by atoms with van der Waals surface area (Å²) in [6.07, 6.45) is 2.45. The Morgan fingerprint density at radius 1 is 1.65 bits per heavy atom. The maximum Gasteiger partial charge on any atom is 0.140 e. The van der Waals surface area contributed by atoms with Gasteiger partial charge in [-0.1, -0.05) is 6.92 Å². The number of aliphatic hydroxyl groups is 1. The minimum atomic E-state index is -0.235. The number of hydrogen-bond donors (Lipinski definition) is 1. The number of pyridine rings is 1. The van der Waals surface area contributed by atoms with Gasteiger partial charge >= 0.3 is 0 Å². The molecule has 1 aromatic heterocycles. The molecule has 2 rings (SSSR count). The Labute approximate surface area is 102 Å². The molecule has 0 spiro atoms. The van der Waals surface area contributed by atoms with E-state index < -0.39 is 0 Å². The second-order valence-corrected chi connectivity index (χ2v) is 4.73. The normalized spacial score (nSPS) is 25.5. The number of aromatic nitrogens is 1. The summed E-state index contributed by atoms with van der Waals surface area (Å²) in [5.74, 6) is 0.387. The second-order valence-electron chi connectivity index (χ2n) is 4.73. The molecule has 2 unspecified atom stereocenters. The molecule has 1 saturated heterocycles. The van der Waals surface area contributed by atoms with Crippen molar-refractivity contribution in [3.05, 3.63) is 29.6 Å². The van der Waals surface area contributed by atoms with Crippen molar-refractivity contribution < 1.29 is 5.11 Å². The van der Waals surface area contributed by atoms with E-state index in [1.165, 1.54) is 0 Å². The highest BCUT2D eigenvalue weighted by Gasteiger charge is 2.23. The van der Waals surface area contributed by atoms with Gasteiger partial charge in [-0.25, -0.2) is 4.98 Å². The smallest absolute Gasteiger partial charge is 0.140 e. The third kappa shape index (κ3) is 3.02. The maximum atomic E-state index is 9.82. The summed E-state index contributed by atoms with van der Waals surface area (Å²) in [4.78, 5) is 6.17. The van der Waals surface area contributed by atoms with Gasteiger partial charge in [-0.2, -0.15) is 5.26 Å². The fourth-order valence-corrected chi connectivity index (χ4v) is 2.15. The number of nitrogens with zero attached hydrogens (tertiary/aromatic N) is 3. The molecule has 0 radical (unpaired) electrons. The first-order chi connectivity index (χ1) is 8.19. The average molecular weight is 231 g/mol. The molecule has 90 valence electrons. The fourth-order valence-electron chi connectivity index (χ4n) is 2.15. The Morgan fingerprint density at radius 3 is 3.18 bits per heavy atom. The van der Waals surface area contributed by atoms with E-state index >= 15 is 0 Å². The van der Waals surface area contributed by atoms with Gasteiger partial charge in [0.1, 0.15) is 11.8 Å². The third-order valence-corrected chi connectivity index (χ3v) is 3.35. The lowest BCUT2D eigenvalue weighted by Gasteiger charge is -2.34. The lowest BCUT2D eigenvalue weighted by molar-refractivity contribution is 0.0259. The average Bonchev–Trinajstić information content (AvgIpc) is 2.34. The van der Waals surface area contributed by atoms with Crippen LogP contribution in [-0.2, 0) is 6.54 Å². The molecule has 1 fully saturated rings. The Balaban J connectivity index is 1.99. The van der Waals surface area contributed by atoms with Crippen molar-refractivity contribution in [2.45, 2.75) is 26.0 Å². The monoisotopic (exact) mass is 231 g/mol. The second kappa shape index (κ2) is 5.26. The first-order valence-corrected chi connectivity index (χ1v) is 5.94. The van der Waals surface area contributed by atoms with Crippen LogP contribution in [0.3, 0.4) is 0 Å². The van der Waals surface area contributed by atoms with Crippen molar-refractivity contribution in [1.82, 2.24) is 9.88 Å². The van der Waals surface area contributed by atoms with E-state index in [0.717, 1.165) is 25.1 Å². The van der Waals surface area contributed by atoms with Crippen LogP contribution in [0.5, 0.6) is 0 Å². The van der Waals surface area contributed by atoms with E-state index in [-0.39, 0.29) is 6.10 Å². The predicted molar refractivity (Wildman–Crippen MR) is 64.0 cm³/mol. The number of rotatable bonds is 2. The molecular weight excluding hydrogens is 214 g/mol. The summed E-state index contributed by atoms with van der Waals surface area (Å²) in [6.45, 7) is 4.58. The number of hydrogen-bond acceptors (Lipinski definition) is 4. The molecule has 1 aromatic rings. The summed E-state index contributed by atoms with van der Waals surface area (Å²) in [6, 6.07) is 5.77. The number of aliphatic hydroxyl groups excluding tert-OH is 1. The summed E-state index contributed by atoms with van der Waals surface area (Å²) < 4.78 is 0. The first-order valence-electron chi connectivity index (χ1n) is 5.94. The van der Waals surface area contributed by atoms with Crippen LogP contribution in [-0.4, -0.2) is 34.2 Å². The zero-order chi connectivity index (χ0) is 12.3. The quantitative estimate of drug-likeness (QED) is 0.829. The lowest BCUT2D eigenvalue weighted by Crippen LogP contribution is -2.42. The number of likely N-dealkylation sites (tertiary alicyclic amines) is 1. The van der Waals surface area contributed by atoms with Crippen LogP contribution >= 0.6 is 0 Å². The van der Waals surface area contributed by atoms with E-state index in [1.807, 2.05) is 18.2 Å². The van der Waals surface area contributed by atoms with E-state index in [2.05, 4.69) is 16.8 Å². The van der Waals surface area contributed by atoms with Gasteiger partial charge in [0.15, 0.2) is 0 Å². The number of β-amino-alcohol motifs (C(OH)–C–C–N with tert-alkyl or cyclic N) is 1. The highest BCUT2D eigenvalue weighted by molar-refractivity contribution is 5.25. The largest absolute Gasteiger partial charge is 0.392 e. The van der Waals surface area contributed by atoms with Crippen LogP contribution in [0.2, 0.25) is 0 Å². The van der Waals surface area contributed by atoms with Gasteiger partial charge in [-0.15, -0.1) is 0 Å². The van der Waals surface area contributed by atoms with Crippen LogP contribution in [0, 0.1) is 17.2 Å². The summed E-state index contributed by atoms with van der Waals surface area (Å²) in [5, 5.41) is 18.6. The molecule has 1 N–H and O–H groups in total. The zero-order valence-electron chi connectivity index (χ0n) is 10.0. The fraction of sp³-hybridized carbons (Fsp3) is 0.538. The standard InChI is InChI=1S/C13H17N3O/c1-10-3-5-16(9-13(10)17)8-11-2-4-15-12(6-11)7-14/h2,4,6,10,13,17H,3,5,8-9H2,1H3. The van der Waals surface area contributed by atoms with Gasteiger partial charge in [0.05, 0.1) is 6.10 Å². The minimum Gasteiger partial charge on any atom is -0.392 e. The molecule has 4 nitrogen and oxygen atoms in total. The summed E-state index contributed by atoms with van der Waals surface area (Å²) in [5.41, 5.74) is 1.53. The Hall–Kier alpha value is -1.44.